The molecule has 0 spiro atoms. The number of likely N-dealkylation sites (N-methyl/N-ethyl adjacent to an activating group) is 1. The first kappa shape index (κ1) is 16.8. The Kier molecular flexibility index (Phi) is 6.24. The highest BCUT2D eigenvalue weighted by atomic mass is 15.3. The number of rotatable bonds is 5. The lowest BCUT2D eigenvalue weighted by Gasteiger charge is -2.35. The monoisotopic (exact) mass is 306 g/mol. The number of nitrogens with zero attached hydrogens (tertiary/aromatic N) is 5. The molecule has 22 heavy (non-hydrogen) atoms. The third-order valence-corrected chi connectivity index (χ3v) is 4.40. The van der Waals surface area contributed by atoms with Crippen molar-refractivity contribution in [3.63, 3.8) is 0 Å². The smallest absolute Gasteiger partial charge is 0.193 e. The highest BCUT2D eigenvalue weighted by molar-refractivity contribution is 5.79. The lowest BCUT2D eigenvalue weighted by Crippen LogP contribution is -2.49. The minimum Gasteiger partial charge on any atom is -0.355 e. The van der Waals surface area contributed by atoms with E-state index in [1.54, 1.807) is 0 Å². The largest absolute Gasteiger partial charge is 0.355 e. The maximum atomic E-state index is 4.41. The second-order valence-corrected chi connectivity index (χ2v) is 6.08. The summed E-state index contributed by atoms with van der Waals surface area (Å²) in [7, 11) is 5.86. The summed E-state index contributed by atoms with van der Waals surface area (Å²) < 4.78 is 1.83. The molecule has 124 valence electrons. The number of likely N-dealkylation sites (tertiary alicyclic amines) is 1. The van der Waals surface area contributed by atoms with Gasteiger partial charge < -0.3 is 10.2 Å². The summed E-state index contributed by atoms with van der Waals surface area (Å²) >= 11 is 0. The van der Waals surface area contributed by atoms with E-state index in [0.717, 1.165) is 25.6 Å². The van der Waals surface area contributed by atoms with Crippen LogP contribution >= 0.6 is 0 Å². The molecule has 1 aromatic rings. The SMILES string of the molecule is CCN1CCCCC1CNC(=NC)N(C)Cc1cnn(C)c1. The number of aliphatic imine (C=N–C) groups is 1. The van der Waals surface area contributed by atoms with Crippen molar-refractivity contribution in [2.45, 2.75) is 38.8 Å². The summed E-state index contributed by atoms with van der Waals surface area (Å²) in [6, 6.07) is 0.627. The molecule has 1 fully saturated rings. The molecule has 0 saturated carbocycles. The maximum Gasteiger partial charge on any atom is 0.193 e. The van der Waals surface area contributed by atoms with Crippen LogP contribution in [-0.2, 0) is 13.6 Å². The van der Waals surface area contributed by atoms with Crippen molar-refractivity contribution in [1.82, 2.24) is 24.9 Å². The number of aryl methyl sites for hydroxylation is 1. The van der Waals surface area contributed by atoms with E-state index in [-0.39, 0.29) is 0 Å². The summed E-state index contributed by atoms with van der Waals surface area (Å²) in [6.45, 7) is 6.40. The van der Waals surface area contributed by atoms with Crippen molar-refractivity contribution < 1.29 is 0 Å². The fourth-order valence-corrected chi connectivity index (χ4v) is 3.20. The van der Waals surface area contributed by atoms with Crippen molar-refractivity contribution in [3.05, 3.63) is 18.0 Å². The Balaban J connectivity index is 1.86. The first-order valence-corrected chi connectivity index (χ1v) is 8.27. The number of hydrogen-bond acceptors (Lipinski definition) is 3. The molecule has 6 heteroatoms. The number of hydrogen-bond donors (Lipinski definition) is 1. The molecule has 0 aromatic carbocycles. The Morgan fingerprint density at radius 3 is 2.95 bits per heavy atom. The van der Waals surface area contributed by atoms with Crippen LogP contribution in [0.3, 0.4) is 0 Å². The molecule has 1 saturated heterocycles. The van der Waals surface area contributed by atoms with Crippen molar-refractivity contribution in [3.8, 4) is 0 Å². The summed E-state index contributed by atoms with van der Waals surface area (Å²) in [5, 5.41) is 7.76. The molecule has 1 N–H and O–H groups in total. The van der Waals surface area contributed by atoms with Gasteiger partial charge in [-0.2, -0.15) is 5.10 Å². The third kappa shape index (κ3) is 4.47. The molecule has 0 aliphatic carbocycles. The summed E-state index contributed by atoms with van der Waals surface area (Å²) in [5.74, 6) is 0.950. The first-order valence-electron chi connectivity index (χ1n) is 8.27. The van der Waals surface area contributed by atoms with Gasteiger partial charge in [0.25, 0.3) is 0 Å². The molecule has 0 bridgehead atoms. The molecule has 1 unspecified atom stereocenters. The number of aromatic nitrogens is 2. The quantitative estimate of drug-likeness (QED) is 0.658. The van der Waals surface area contributed by atoms with Crippen LogP contribution in [0, 0.1) is 0 Å². The maximum absolute atomic E-state index is 4.41. The normalized spacial score (nSPS) is 20.2. The van der Waals surface area contributed by atoms with E-state index in [0.29, 0.717) is 6.04 Å². The van der Waals surface area contributed by atoms with Crippen LogP contribution in [0.4, 0.5) is 0 Å². The molecule has 1 aliphatic heterocycles. The summed E-state index contributed by atoms with van der Waals surface area (Å²) in [4.78, 5) is 9.14. The van der Waals surface area contributed by atoms with Crippen LogP contribution in [0.2, 0.25) is 0 Å². The lowest BCUT2D eigenvalue weighted by atomic mass is 10.0. The lowest BCUT2D eigenvalue weighted by molar-refractivity contribution is 0.156. The molecule has 6 nitrogen and oxygen atoms in total. The van der Waals surface area contributed by atoms with Crippen LogP contribution < -0.4 is 5.32 Å². The first-order chi connectivity index (χ1) is 10.6. The topological polar surface area (TPSA) is 48.7 Å². The molecule has 1 atom stereocenters. The Bertz CT molecular complexity index is 481. The van der Waals surface area contributed by atoms with Gasteiger partial charge in [-0.15, -0.1) is 0 Å². The highest BCUT2D eigenvalue weighted by Crippen LogP contribution is 2.15. The molecule has 0 radical (unpaired) electrons. The van der Waals surface area contributed by atoms with Gasteiger partial charge in [0.1, 0.15) is 0 Å². The van der Waals surface area contributed by atoms with E-state index >= 15 is 0 Å². The van der Waals surface area contributed by atoms with Crippen molar-refractivity contribution in [2.24, 2.45) is 12.0 Å². The van der Waals surface area contributed by atoms with E-state index < -0.39 is 0 Å². The van der Waals surface area contributed by atoms with Gasteiger partial charge in [0.15, 0.2) is 5.96 Å². The molecule has 0 amide bonds. The van der Waals surface area contributed by atoms with Gasteiger partial charge in [0, 0.05) is 52.0 Å². The fourth-order valence-electron chi connectivity index (χ4n) is 3.20. The van der Waals surface area contributed by atoms with Crippen molar-refractivity contribution in [1.29, 1.82) is 0 Å². The van der Waals surface area contributed by atoms with E-state index in [1.807, 2.05) is 31.2 Å². The minimum absolute atomic E-state index is 0.627. The zero-order valence-electron chi connectivity index (χ0n) is 14.4. The molecule has 2 heterocycles. The van der Waals surface area contributed by atoms with Crippen LogP contribution in [0.1, 0.15) is 31.7 Å². The van der Waals surface area contributed by atoms with Crippen LogP contribution in [0.5, 0.6) is 0 Å². The minimum atomic E-state index is 0.627. The summed E-state index contributed by atoms with van der Waals surface area (Å²) in [6.07, 6.45) is 7.91. The standard InChI is InChI=1S/C16H30N6/c1-5-22-9-7-6-8-15(22)11-18-16(17-2)20(3)12-14-10-19-21(4)13-14/h10,13,15H,5-9,11-12H2,1-4H3,(H,17,18). The van der Waals surface area contributed by atoms with Gasteiger partial charge in [-0.05, 0) is 25.9 Å². The fraction of sp³-hybridized carbons (Fsp3) is 0.750. The highest BCUT2D eigenvalue weighted by Gasteiger charge is 2.21. The average molecular weight is 306 g/mol. The molecular weight excluding hydrogens is 276 g/mol. The van der Waals surface area contributed by atoms with Crippen molar-refractivity contribution in [2.75, 3.05) is 33.7 Å². The summed E-state index contributed by atoms with van der Waals surface area (Å²) in [5.41, 5.74) is 1.20. The van der Waals surface area contributed by atoms with E-state index in [4.69, 9.17) is 0 Å². The molecule has 1 aromatic heterocycles. The third-order valence-electron chi connectivity index (χ3n) is 4.40. The van der Waals surface area contributed by atoms with Gasteiger partial charge in [-0.3, -0.25) is 14.6 Å². The van der Waals surface area contributed by atoms with Crippen LogP contribution in [0.15, 0.2) is 17.4 Å². The molecular formula is C16H30N6. The van der Waals surface area contributed by atoms with Gasteiger partial charge in [-0.1, -0.05) is 13.3 Å². The predicted octanol–water partition coefficient (Wildman–Crippen LogP) is 1.30. The molecule has 2 rings (SSSR count). The van der Waals surface area contributed by atoms with Crippen molar-refractivity contribution >= 4 is 5.96 Å². The van der Waals surface area contributed by atoms with E-state index in [1.165, 1.54) is 31.4 Å². The zero-order chi connectivity index (χ0) is 15.9. The second-order valence-electron chi connectivity index (χ2n) is 6.08. The van der Waals surface area contributed by atoms with Gasteiger partial charge >= 0.3 is 0 Å². The molecule has 1 aliphatic rings. The number of piperidine rings is 1. The Morgan fingerprint density at radius 2 is 2.32 bits per heavy atom. The van der Waals surface area contributed by atoms with E-state index in [2.05, 4.69) is 39.2 Å². The number of nitrogens with one attached hydrogen (secondary N) is 1. The Labute approximate surface area is 134 Å². The van der Waals surface area contributed by atoms with Gasteiger partial charge in [0.2, 0.25) is 0 Å². The number of guanidine groups is 1. The van der Waals surface area contributed by atoms with Crippen LogP contribution in [0.25, 0.3) is 0 Å². The zero-order valence-corrected chi connectivity index (χ0v) is 14.4. The Hall–Kier alpha value is -1.56. The van der Waals surface area contributed by atoms with Gasteiger partial charge in [0.05, 0.1) is 6.20 Å². The Morgan fingerprint density at radius 1 is 1.50 bits per heavy atom. The van der Waals surface area contributed by atoms with Gasteiger partial charge in [-0.25, -0.2) is 0 Å². The second kappa shape index (κ2) is 8.17. The van der Waals surface area contributed by atoms with E-state index in [9.17, 15) is 0 Å². The van der Waals surface area contributed by atoms with Crippen LogP contribution in [-0.4, -0.2) is 65.3 Å². The average Bonchev–Trinajstić information content (AvgIpc) is 2.93. The predicted molar refractivity (Wildman–Crippen MR) is 90.9 cm³/mol.